The van der Waals surface area contributed by atoms with E-state index in [1.54, 1.807) is 32.9 Å². The molecule has 3 N–H and O–H groups in total. The van der Waals surface area contributed by atoms with Crippen LogP contribution >= 0.6 is 0 Å². The van der Waals surface area contributed by atoms with Gasteiger partial charge in [-0.3, -0.25) is 14.5 Å². The minimum absolute atomic E-state index is 0.229. The third-order valence-corrected chi connectivity index (χ3v) is 5.31. The Labute approximate surface area is 206 Å². The van der Waals surface area contributed by atoms with E-state index >= 15 is 0 Å². The van der Waals surface area contributed by atoms with Crippen LogP contribution in [0.1, 0.15) is 49.1 Å². The molecule has 3 amide bonds. The van der Waals surface area contributed by atoms with Crippen LogP contribution in [0.5, 0.6) is 0 Å². The zero-order chi connectivity index (χ0) is 26.2. The first-order valence-corrected chi connectivity index (χ1v) is 11.3. The van der Waals surface area contributed by atoms with Gasteiger partial charge in [-0.1, -0.05) is 55.0 Å². The topological polar surface area (TPSA) is 108 Å². The van der Waals surface area contributed by atoms with Crippen LogP contribution < -0.4 is 10.6 Å². The molecular formula is C27H33N3O5. The Morgan fingerprint density at radius 2 is 1.74 bits per heavy atom. The van der Waals surface area contributed by atoms with E-state index in [4.69, 9.17) is 11.2 Å². The molecule has 0 heterocycles. The maximum atomic E-state index is 13.4. The molecule has 186 valence electrons. The quantitative estimate of drug-likeness (QED) is 0.399. The molecule has 0 bridgehead atoms. The van der Waals surface area contributed by atoms with Crippen molar-refractivity contribution in [1.82, 2.24) is 15.5 Å². The summed E-state index contributed by atoms with van der Waals surface area (Å²) in [5.41, 5.74) is 2.31. The van der Waals surface area contributed by atoms with Gasteiger partial charge in [0, 0.05) is 12.6 Å². The number of terminal acetylenes is 1. The number of carbonyl (C=O) groups excluding carboxylic acids is 3. The highest BCUT2D eigenvalue weighted by molar-refractivity contribution is 5.93. The molecule has 0 fully saturated rings. The van der Waals surface area contributed by atoms with Crippen molar-refractivity contribution >= 4 is 17.9 Å². The standard InChI is InChI=1S/C27H33N3O5/c1-7-30(25(33)22(17-31)29-26(34)35-27(4,5)6)23(21-15-11-12-18(2)19(21)3)24(32)28-16-20-13-9-8-10-14-20/h1,8-15,22-23,31H,16-17H2,2-6H3,(H,28,32)(H,29,34). The second-order valence-electron chi connectivity index (χ2n) is 9.11. The first kappa shape index (κ1) is 27.4. The van der Waals surface area contributed by atoms with E-state index in [2.05, 4.69) is 16.7 Å². The van der Waals surface area contributed by atoms with Crippen molar-refractivity contribution in [2.45, 2.75) is 58.8 Å². The zero-order valence-corrected chi connectivity index (χ0v) is 20.8. The average molecular weight is 480 g/mol. The highest BCUT2D eigenvalue weighted by atomic mass is 16.6. The second kappa shape index (κ2) is 12.0. The number of nitrogens with one attached hydrogen (secondary N) is 2. The van der Waals surface area contributed by atoms with E-state index in [-0.39, 0.29) is 6.54 Å². The van der Waals surface area contributed by atoms with Gasteiger partial charge in [0.2, 0.25) is 5.91 Å². The van der Waals surface area contributed by atoms with Gasteiger partial charge in [-0.25, -0.2) is 4.79 Å². The summed E-state index contributed by atoms with van der Waals surface area (Å²) < 4.78 is 5.19. The summed E-state index contributed by atoms with van der Waals surface area (Å²) in [6.07, 6.45) is 4.83. The molecule has 0 aromatic heterocycles. The number of rotatable bonds is 8. The fraction of sp³-hybridized carbons (Fsp3) is 0.370. The van der Waals surface area contributed by atoms with Crippen molar-refractivity contribution < 1.29 is 24.2 Å². The van der Waals surface area contributed by atoms with Gasteiger partial charge in [0.05, 0.1) is 6.61 Å². The molecule has 0 saturated heterocycles. The van der Waals surface area contributed by atoms with Crippen LogP contribution in [0.2, 0.25) is 0 Å². The van der Waals surface area contributed by atoms with Crippen LogP contribution in [0, 0.1) is 26.3 Å². The molecule has 8 nitrogen and oxygen atoms in total. The third kappa shape index (κ3) is 7.59. The van der Waals surface area contributed by atoms with Gasteiger partial charge in [-0.05, 0) is 56.9 Å². The number of alkyl carbamates (subject to hydrolysis) is 1. The maximum absolute atomic E-state index is 13.4. The highest BCUT2D eigenvalue weighted by Gasteiger charge is 2.36. The molecule has 2 unspecified atom stereocenters. The number of carbonyl (C=O) groups is 3. The van der Waals surface area contributed by atoms with E-state index in [1.807, 2.05) is 50.2 Å². The van der Waals surface area contributed by atoms with Crippen molar-refractivity contribution in [1.29, 1.82) is 0 Å². The van der Waals surface area contributed by atoms with Crippen LogP contribution in [0.4, 0.5) is 4.79 Å². The molecule has 8 heteroatoms. The number of ether oxygens (including phenoxy) is 1. The summed E-state index contributed by atoms with van der Waals surface area (Å²) in [6, 6.07) is 14.4. The molecular weight excluding hydrogens is 446 g/mol. The fourth-order valence-electron chi connectivity index (χ4n) is 3.42. The van der Waals surface area contributed by atoms with Crippen molar-refractivity contribution in [3.63, 3.8) is 0 Å². The minimum atomic E-state index is -1.41. The third-order valence-electron chi connectivity index (χ3n) is 5.31. The Morgan fingerprint density at radius 3 is 2.31 bits per heavy atom. The lowest BCUT2D eigenvalue weighted by Gasteiger charge is -2.30. The zero-order valence-electron chi connectivity index (χ0n) is 20.8. The average Bonchev–Trinajstić information content (AvgIpc) is 2.80. The predicted molar refractivity (Wildman–Crippen MR) is 133 cm³/mol. The summed E-state index contributed by atoms with van der Waals surface area (Å²) in [5, 5.41) is 15.0. The van der Waals surface area contributed by atoms with E-state index in [0.717, 1.165) is 21.6 Å². The van der Waals surface area contributed by atoms with Gasteiger partial charge in [0.25, 0.3) is 5.91 Å². The summed E-state index contributed by atoms with van der Waals surface area (Å²) in [4.78, 5) is 39.9. The Kier molecular flexibility index (Phi) is 9.43. The van der Waals surface area contributed by atoms with Gasteiger partial charge in [0.15, 0.2) is 0 Å². The van der Waals surface area contributed by atoms with Gasteiger partial charge in [0.1, 0.15) is 17.7 Å². The molecule has 2 atom stereocenters. The first-order valence-electron chi connectivity index (χ1n) is 11.3. The van der Waals surface area contributed by atoms with Crippen molar-refractivity contribution in [3.05, 3.63) is 70.8 Å². The number of amides is 3. The summed E-state index contributed by atoms with van der Waals surface area (Å²) in [7, 11) is 0. The molecule has 0 aliphatic rings. The van der Waals surface area contributed by atoms with Gasteiger partial charge in [-0.2, -0.15) is 0 Å². The molecule has 2 aromatic carbocycles. The number of hydrogen-bond acceptors (Lipinski definition) is 5. The van der Waals surface area contributed by atoms with Crippen LogP contribution in [-0.4, -0.2) is 46.2 Å². The molecule has 35 heavy (non-hydrogen) atoms. The summed E-state index contributed by atoms with van der Waals surface area (Å²) >= 11 is 0. The summed E-state index contributed by atoms with van der Waals surface area (Å²) in [5.74, 6) is -1.32. The molecule has 0 radical (unpaired) electrons. The number of hydrogen-bond donors (Lipinski definition) is 3. The molecule has 0 saturated carbocycles. The first-order chi connectivity index (χ1) is 16.5. The van der Waals surface area contributed by atoms with E-state index < -0.39 is 42.2 Å². The summed E-state index contributed by atoms with van der Waals surface area (Å²) in [6.45, 7) is 8.23. The Balaban J connectivity index is 2.39. The number of aliphatic hydroxyl groups excluding tert-OH is 1. The Bertz CT molecular complexity index is 1090. The van der Waals surface area contributed by atoms with Crippen molar-refractivity contribution in [2.75, 3.05) is 6.61 Å². The lowest BCUT2D eigenvalue weighted by Crippen LogP contribution is -2.53. The predicted octanol–water partition coefficient (Wildman–Crippen LogP) is 2.97. The lowest BCUT2D eigenvalue weighted by atomic mass is 9.95. The number of aryl methyl sites for hydroxylation is 1. The molecule has 2 aromatic rings. The lowest BCUT2D eigenvalue weighted by molar-refractivity contribution is -0.139. The molecule has 2 rings (SSSR count). The van der Waals surface area contributed by atoms with Gasteiger partial charge < -0.3 is 20.5 Å². The monoisotopic (exact) mass is 479 g/mol. The molecule has 0 aliphatic heterocycles. The van der Waals surface area contributed by atoms with Crippen LogP contribution in [0.25, 0.3) is 0 Å². The van der Waals surface area contributed by atoms with Crippen molar-refractivity contribution in [2.24, 2.45) is 0 Å². The van der Waals surface area contributed by atoms with Crippen LogP contribution in [-0.2, 0) is 20.9 Å². The number of aliphatic hydroxyl groups is 1. The Morgan fingerprint density at radius 1 is 1.09 bits per heavy atom. The van der Waals surface area contributed by atoms with Crippen LogP contribution in [0.3, 0.4) is 0 Å². The Hall–Kier alpha value is -3.83. The van der Waals surface area contributed by atoms with E-state index in [0.29, 0.717) is 5.56 Å². The van der Waals surface area contributed by atoms with E-state index in [1.165, 1.54) is 0 Å². The van der Waals surface area contributed by atoms with Crippen molar-refractivity contribution in [3.8, 4) is 12.5 Å². The number of benzene rings is 2. The largest absolute Gasteiger partial charge is 0.444 e. The highest BCUT2D eigenvalue weighted by Crippen LogP contribution is 2.27. The fourth-order valence-corrected chi connectivity index (χ4v) is 3.42. The molecule has 0 aliphatic carbocycles. The smallest absolute Gasteiger partial charge is 0.408 e. The molecule has 0 spiro atoms. The normalized spacial score (nSPS) is 12.6. The van der Waals surface area contributed by atoms with Gasteiger partial charge in [-0.15, -0.1) is 0 Å². The minimum Gasteiger partial charge on any atom is -0.444 e. The SMILES string of the molecule is C#CN(C(=O)C(CO)NC(=O)OC(C)(C)C)C(C(=O)NCc1ccccc1)c1cccc(C)c1C. The second-order valence-corrected chi connectivity index (χ2v) is 9.11. The number of nitrogens with zero attached hydrogens (tertiary/aromatic N) is 1. The van der Waals surface area contributed by atoms with E-state index in [9.17, 15) is 19.5 Å². The van der Waals surface area contributed by atoms with Crippen LogP contribution in [0.15, 0.2) is 48.5 Å². The van der Waals surface area contributed by atoms with Gasteiger partial charge >= 0.3 is 6.09 Å². The maximum Gasteiger partial charge on any atom is 0.408 e.